The summed E-state index contributed by atoms with van der Waals surface area (Å²) in [5, 5.41) is 0. The Morgan fingerprint density at radius 2 is 1.88 bits per heavy atom. The van der Waals surface area contributed by atoms with Crippen molar-refractivity contribution in [3.63, 3.8) is 0 Å². The van der Waals surface area contributed by atoms with E-state index in [-0.39, 0.29) is 9.39 Å². The molecule has 1 fully saturated rings. The van der Waals surface area contributed by atoms with Gasteiger partial charge in [0, 0.05) is 43.1 Å². The quantitative estimate of drug-likeness (QED) is 0.678. The van der Waals surface area contributed by atoms with Gasteiger partial charge in [-0.15, -0.1) is 0 Å². The van der Waals surface area contributed by atoms with Crippen molar-refractivity contribution in [3.05, 3.63) is 12.3 Å². The highest BCUT2D eigenvalue weighted by Gasteiger charge is 2.33. The van der Waals surface area contributed by atoms with Crippen molar-refractivity contribution in [2.45, 2.75) is 25.0 Å². The standard InChI is InChI=1S/C5H11BOSi.C5H12O3Si/c6-8-5-3-1-2-4-7-5;1-5-9(6-2,7-3)8-4/h5H,1-4,8H2;5H,1H2,2-4H3. The fourth-order valence-electron chi connectivity index (χ4n) is 1.49. The summed E-state index contributed by atoms with van der Waals surface area (Å²) in [5.41, 5.74) is 2.08. The van der Waals surface area contributed by atoms with E-state index in [0.717, 1.165) is 6.61 Å². The van der Waals surface area contributed by atoms with E-state index in [1.54, 1.807) is 27.0 Å². The smallest absolute Gasteiger partial charge is 0.383 e. The van der Waals surface area contributed by atoms with E-state index in [1.807, 2.05) is 0 Å². The second-order valence-corrected chi connectivity index (χ2v) is 7.87. The summed E-state index contributed by atoms with van der Waals surface area (Å²) in [6.45, 7) is 4.49. The number of hydrogen-bond acceptors (Lipinski definition) is 4. The molecule has 1 saturated heterocycles. The minimum absolute atomic E-state index is 0.354. The average Bonchev–Trinajstić information content (AvgIpc) is 2.44. The van der Waals surface area contributed by atoms with Crippen LogP contribution >= 0.6 is 0 Å². The molecule has 1 heterocycles. The van der Waals surface area contributed by atoms with Crippen LogP contribution in [-0.4, -0.2) is 59.3 Å². The van der Waals surface area contributed by atoms with Crippen molar-refractivity contribution in [1.29, 1.82) is 0 Å². The van der Waals surface area contributed by atoms with Crippen LogP contribution in [0.2, 0.25) is 0 Å². The van der Waals surface area contributed by atoms with E-state index in [4.69, 9.17) is 25.5 Å². The Balaban J connectivity index is 0.000000302. The van der Waals surface area contributed by atoms with Crippen molar-refractivity contribution in [2.75, 3.05) is 27.9 Å². The molecule has 0 bridgehead atoms. The first-order valence-corrected chi connectivity index (χ1v) is 9.22. The van der Waals surface area contributed by atoms with Crippen LogP contribution in [0.15, 0.2) is 12.3 Å². The molecule has 4 nitrogen and oxygen atoms in total. The van der Waals surface area contributed by atoms with Crippen molar-refractivity contribution < 1.29 is 18.0 Å². The zero-order chi connectivity index (χ0) is 13.1. The first-order valence-electron chi connectivity index (χ1n) is 5.78. The van der Waals surface area contributed by atoms with Crippen LogP contribution in [0.5, 0.6) is 0 Å². The lowest BCUT2D eigenvalue weighted by molar-refractivity contribution is 0.0666. The number of ether oxygens (including phenoxy) is 1. The lowest BCUT2D eigenvalue weighted by atomic mass is 10.2. The van der Waals surface area contributed by atoms with Crippen LogP contribution in [-0.2, 0) is 18.0 Å². The highest BCUT2D eigenvalue weighted by atomic mass is 28.4. The SMILES string of the molecule is C=C[Si](OC)(OC)OC.[B][SiH2]C1CCCCO1. The summed E-state index contributed by atoms with van der Waals surface area (Å²) in [6, 6.07) is 0. The van der Waals surface area contributed by atoms with E-state index >= 15 is 0 Å². The lowest BCUT2D eigenvalue weighted by Gasteiger charge is -2.20. The van der Waals surface area contributed by atoms with Crippen LogP contribution in [0.25, 0.3) is 0 Å². The summed E-state index contributed by atoms with van der Waals surface area (Å²) in [4.78, 5) is 0. The van der Waals surface area contributed by atoms with Crippen molar-refractivity contribution in [3.8, 4) is 0 Å². The summed E-state index contributed by atoms with van der Waals surface area (Å²) in [6.07, 6.45) is 3.79. The van der Waals surface area contributed by atoms with E-state index in [9.17, 15) is 0 Å². The van der Waals surface area contributed by atoms with Gasteiger partial charge in [-0.05, 0) is 25.0 Å². The average molecular weight is 274 g/mol. The topological polar surface area (TPSA) is 36.9 Å². The van der Waals surface area contributed by atoms with E-state index < -0.39 is 8.80 Å². The van der Waals surface area contributed by atoms with Crippen LogP contribution in [0.4, 0.5) is 0 Å². The number of hydrogen-bond donors (Lipinski definition) is 0. The maximum Gasteiger partial charge on any atom is 0.528 e. The molecule has 1 aliphatic heterocycles. The van der Waals surface area contributed by atoms with Crippen molar-refractivity contribution in [1.82, 2.24) is 0 Å². The maximum atomic E-state index is 5.52. The monoisotopic (exact) mass is 274 g/mol. The molecular formula is C10H23BO4Si2. The molecule has 1 atom stereocenters. The second kappa shape index (κ2) is 10.0. The predicted octanol–water partition coefficient (Wildman–Crippen LogP) is 0.355. The lowest BCUT2D eigenvalue weighted by Crippen LogP contribution is -2.40. The van der Waals surface area contributed by atoms with Gasteiger partial charge in [-0.2, -0.15) is 0 Å². The third kappa shape index (κ3) is 6.54. The Bertz CT molecular complexity index is 188. The molecule has 17 heavy (non-hydrogen) atoms. The minimum Gasteiger partial charge on any atom is -0.383 e. The van der Waals surface area contributed by atoms with E-state index in [1.165, 1.54) is 19.3 Å². The van der Waals surface area contributed by atoms with E-state index in [2.05, 4.69) is 6.58 Å². The fraction of sp³-hybridized carbons (Fsp3) is 0.800. The summed E-state index contributed by atoms with van der Waals surface area (Å²) >= 11 is 0. The first kappa shape index (κ1) is 17.1. The zero-order valence-electron chi connectivity index (χ0n) is 11.1. The third-order valence-electron chi connectivity index (χ3n) is 2.64. The fourth-order valence-corrected chi connectivity index (χ4v) is 3.32. The molecule has 0 N–H and O–H groups in total. The van der Waals surface area contributed by atoms with Gasteiger partial charge in [0.25, 0.3) is 0 Å². The van der Waals surface area contributed by atoms with E-state index in [0.29, 0.717) is 5.73 Å². The van der Waals surface area contributed by atoms with Gasteiger partial charge >= 0.3 is 8.80 Å². The van der Waals surface area contributed by atoms with Crippen LogP contribution in [0.1, 0.15) is 19.3 Å². The van der Waals surface area contributed by atoms with Crippen LogP contribution < -0.4 is 0 Å². The Kier molecular flexibility index (Phi) is 10.1. The highest BCUT2D eigenvalue weighted by molar-refractivity contribution is 6.90. The maximum absolute atomic E-state index is 5.52. The van der Waals surface area contributed by atoms with Crippen LogP contribution in [0.3, 0.4) is 0 Å². The number of rotatable bonds is 5. The molecule has 1 rings (SSSR count). The highest BCUT2D eigenvalue weighted by Crippen LogP contribution is 2.10. The Morgan fingerprint density at radius 1 is 1.29 bits per heavy atom. The van der Waals surface area contributed by atoms with Crippen molar-refractivity contribution >= 4 is 25.6 Å². The van der Waals surface area contributed by atoms with Gasteiger partial charge in [0.15, 0.2) is 0 Å². The molecule has 0 saturated carbocycles. The van der Waals surface area contributed by atoms with Gasteiger partial charge in [0.2, 0.25) is 0 Å². The molecule has 0 amide bonds. The normalized spacial score (nSPS) is 21.0. The molecule has 1 unspecified atom stereocenters. The molecule has 98 valence electrons. The molecule has 7 heteroatoms. The van der Waals surface area contributed by atoms with Gasteiger partial charge in [0.05, 0.1) is 7.44 Å². The van der Waals surface area contributed by atoms with Gasteiger partial charge in [-0.3, -0.25) is 0 Å². The molecule has 0 aromatic rings. The van der Waals surface area contributed by atoms with Gasteiger partial charge in [-0.1, -0.05) is 6.58 Å². The van der Waals surface area contributed by atoms with Gasteiger partial charge in [0.1, 0.15) is 0 Å². The molecule has 2 radical (unpaired) electrons. The Morgan fingerprint density at radius 3 is 2.06 bits per heavy atom. The molecule has 0 spiro atoms. The third-order valence-corrected chi connectivity index (χ3v) is 6.02. The largest absolute Gasteiger partial charge is 0.528 e. The van der Waals surface area contributed by atoms with Crippen LogP contribution in [0, 0.1) is 0 Å². The Labute approximate surface area is 109 Å². The van der Waals surface area contributed by atoms with Gasteiger partial charge < -0.3 is 18.0 Å². The summed E-state index contributed by atoms with van der Waals surface area (Å²) < 4.78 is 20.2. The molecule has 0 aromatic carbocycles. The first-order chi connectivity index (χ1) is 8.17. The summed E-state index contributed by atoms with van der Waals surface area (Å²) in [5.74, 6) is 0. The molecule has 0 aromatic heterocycles. The minimum atomic E-state index is -2.43. The Hall–Kier alpha value is 0.0787. The summed E-state index contributed by atoms with van der Waals surface area (Å²) in [7, 11) is 7.36. The molecular weight excluding hydrogens is 251 g/mol. The predicted molar refractivity (Wildman–Crippen MR) is 74.9 cm³/mol. The second-order valence-electron chi connectivity index (χ2n) is 3.64. The molecule has 1 aliphatic rings. The van der Waals surface area contributed by atoms with Gasteiger partial charge in [-0.25, -0.2) is 0 Å². The van der Waals surface area contributed by atoms with Crippen molar-refractivity contribution in [2.24, 2.45) is 0 Å². The zero-order valence-corrected chi connectivity index (χ0v) is 13.5. The molecule has 0 aliphatic carbocycles.